The van der Waals surface area contributed by atoms with Crippen molar-refractivity contribution in [2.75, 3.05) is 7.11 Å². The molecule has 0 amide bonds. The summed E-state index contributed by atoms with van der Waals surface area (Å²) >= 11 is 0. The second-order valence-corrected chi connectivity index (χ2v) is 2.77. The number of benzene rings is 1. The second-order valence-electron chi connectivity index (χ2n) is 2.77. The first kappa shape index (κ1) is 10.5. The average Bonchev–Trinajstić information content (AvgIpc) is 2.17. The number of nitriles is 1. The van der Waals surface area contributed by atoms with Gasteiger partial charge in [0, 0.05) is 11.6 Å². The maximum Gasteiger partial charge on any atom is 0.132 e. The summed E-state index contributed by atoms with van der Waals surface area (Å²) in [6.45, 7) is 0. The smallest absolute Gasteiger partial charge is 0.132 e. The van der Waals surface area contributed by atoms with Crippen LogP contribution in [0.3, 0.4) is 0 Å². The third-order valence-electron chi connectivity index (χ3n) is 1.85. The molecule has 1 rings (SSSR count). The fourth-order valence-corrected chi connectivity index (χ4v) is 1.10. The SMILES string of the molecule is COc1ccc(C(O)CC#N)c(F)c1. The third kappa shape index (κ3) is 2.21. The van der Waals surface area contributed by atoms with Gasteiger partial charge in [0.25, 0.3) is 0 Å². The Bertz CT molecular complexity index is 360. The Kier molecular flexibility index (Phi) is 3.43. The van der Waals surface area contributed by atoms with Crippen molar-refractivity contribution in [3.63, 3.8) is 0 Å². The van der Waals surface area contributed by atoms with E-state index in [0.717, 1.165) is 0 Å². The zero-order valence-corrected chi connectivity index (χ0v) is 7.70. The van der Waals surface area contributed by atoms with Crippen LogP contribution in [0.4, 0.5) is 4.39 Å². The summed E-state index contributed by atoms with van der Waals surface area (Å²) in [7, 11) is 1.43. The lowest BCUT2D eigenvalue weighted by molar-refractivity contribution is 0.178. The predicted molar refractivity (Wildman–Crippen MR) is 48.1 cm³/mol. The number of hydrogen-bond donors (Lipinski definition) is 1. The second kappa shape index (κ2) is 4.58. The van der Waals surface area contributed by atoms with Crippen molar-refractivity contribution in [2.24, 2.45) is 0 Å². The van der Waals surface area contributed by atoms with E-state index in [1.807, 2.05) is 0 Å². The van der Waals surface area contributed by atoms with Crippen LogP contribution in [0.15, 0.2) is 18.2 Å². The molecular weight excluding hydrogens is 185 g/mol. The van der Waals surface area contributed by atoms with Crippen molar-refractivity contribution < 1.29 is 14.2 Å². The highest BCUT2D eigenvalue weighted by Crippen LogP contribution is 2.23. The lowest BCUT2D eigenvalue weighted by atomic mass is 10.1. The first-order valence-corrected chi connectivity index (χ1v) is 4.07. The van der Waals surface area contributed by atoms with Crippen LogP contribution in [-0.4, -0.2) is 12.2 Å². The molecule has 3 nitrogen and oxygen atoms in total. The first-order chi connectivity index (χ1) is 6.69. The van der Waals surface area contributed by atoms with Crippen LogP contribution >= 0.6 is 0 Å². The maximum atomic E-state index is 13.3. The Hall–Kier alpha value is -1.60. The summed E-state index contributed by atoms with van der Waals surface area (Å²) in [5.41, 5.74) is 0.118. The Balaban J connectivity index is 2.94. The van der Waals surface area contributed by atoms with Crippen molar-refractivity contribution in [3.8, 4) is 11.8 Å². The Morgan fingerprint density at radius 3 is 2.86 bits per heavy atom. The molecular formula is C10H10FNO2. The lowest BCUT2D eigenvalue weighted by Gasteiger charge is -2.09. The van der Waals surface area contributed by atoms with E-state index in [9.17, 15) is 9.50 Å². The van der Waals surface area contributed by atoms with Gasteiger partial charge in [0.2, 0.25) is 0 Å². The van der Waals surface area contributed by atoms with Crippen LogP contribution in [0.1, 0.15) is 18.1 Å². The van der Waals surface area contributed by atoms with Gasteiger partial charge >= 0.3 is 0 Å². The number of aliphatic hydroxyl groups is 1. The molecule has 1 unspecified atom stereocenters. The van der Waals surface area contributed by atoms with Gasteiger partial charge in [-0.1, -0.05) is 0 Å². The number of halogens is 1. The first-order valence-electron chi connectivity index (χ1n) is 4.07. The zero-order valence-electron chi connectivity index (χ0n) is 7.70. The van der Waals surface area contributed by atoms with Crippen LogP contribution in [-0.2, 0) is 0 Å². The standard InChI is InChI=1S/C10H10FNO2/c1-14-7-2-3-8(9(11)6-7)10(13)4-5-12/h2-3,6,10,13H,4H2,1H3. The highest BCUT2D eigenvalue weighted by molar-refractivity contribution is 5.30. The molecule has 0 radical (unpaired) electrons. The summed E-state index contributed by atoms with van der Waals surface area (Å²) in [6, 6.07) is 5.90. The molecule has 0 heterocycles. The van der Waals surface area contributed by atoms with E-state index in [-0.39, 0.29) is 12.0 Å². The molecule has 0 aliphatic heterocycles. The summed E-state index contributed by atoms with van der Waals surface area (Å²) in [4.78, 5) is 0. The van der Waals surface area contributed by atoms with Gasteiger partial charge in [-0.05, 0) is 12.1 Å². The fourth-order valence-electron chi connectivity index (χ4n) is 1.10. The van der Waals surface area contributed by atoms with Crippen LogP contribution in [0, 0.1) is 17.1 Å². The van der Waals surface area contributed by atoms with E-state index in [1.165, 1.54) is 19.2 Å². The van der Waals surface area contributed by atoms with Gasteiger partial charge < -0.3 is 9.84 Å². The molecule has 0 saturated carbocycles. The molecule has 0 saturated heterocycles. The molecule has 0 fully saturated rings. The van der Waals surface area contributed by atoms with Crippen LogP contribution in [0.25, 0.3) is 0 Å². The molecule has 1 aromatic carbocycles. The van der Waals surface area contributed by atoms with Crippen LogP contribution in [0.2, 0.25) is 0 Å². The fraction of sp³-hybridized carbons (Fsp3) is 0.300. The van der Waals surface area contributed by atoms with Gasteiger partial charge in [-0.2, -0.15) is 5.26 Å². The Labute approximate surface area is 81.4 Å². The van der Waals surface area contributed by atoms with E-state index >= 15 is 0 Å². The number of methoxy groups -OCH3 is 1. The Morgan fingerprint density at radius 1 is 1.64 bits per heavy atom. The molecule has 4 heteroatoms. The van der Waals surface area contributed by atoms with Crippen LogP contribution < -0.4 is 4.74 Å². The molecule has 14 heavy (non-hydrogen) atoms. The van der Waals surface area contributed by atoms with Crippen LogP contribution in [0.5, 0.6) is 5.75 Å². The van der Waals surface area contributed by atoms with E-state index in [2.05, 4.69) is 0 Å². The van der Waals surface area contributed by atoms with Gasteiger partial charge in [-0.25, -0.2) is 4.39 Å². The minimum Gasteiger partial charge on any atom is -0.497 e. The van der Waals surface area contributed by atoms with Gasteiger partial charge in [-0.15, -0.1) is 0 Å². The van der Waals surface area contributed by atoms with Crippen molar-refractivity contribution >= 4 is 0 Å². The van der Waals surface area contributed by atoms with Gasteiger partial charge in [0.15, 0.2) is 0 Å². The number of nitrogens with zero attached hydrogens (tertiary/aromatic N) is 1. The molecule has 74 valence electrons. The van der Waals surface area contributed by atoms with Gasteiger partial charge in [0.05, 0.1) is 25.7 Å². The van der Waals surface area contributed by atoms with E-state index < -0.39 is 11.9 Å². The van der Waals surface area contributed by atoms with E-state index in [4.69, 9.17) is 10.00 Å². The topological polar surface area (TPSA) is 53.2 Å². The molecule has 0 aliphatic carbocycles. The molecule has 0 aromatic heterocycles. The molecule has 0 aliphatic rings. The number of ether oxygens (including phenoxy) is 1. The maximum absolute atomic E-state index is 13.3. The Morgan fingerprint density at radius 2 is 2.36 bits per heavy atom. The minimum atomic E-state index is -1.08. The highest BCUT2D eigenvalue weighted by atomic mass is 19.1. The van der Waals surface area contributed by atoms with Gasteiger partial charge in [-0.3, -0.25) is 0 Å². The quantitative estimate of drug-likeness (QED) is 0.799. The molecule has 1 aromatic rings. The zero-order chi connectivity index (χ0) is 10.6. The summed E-state index contributed by atoms with van der Waals surface area (Å²) in [6.07, 6.45) is -1.20. The molecule has 0 spiro atoms. The van der Waals surface area contributed by atoms with Crippen molar-refractivity contribution in [1.82, 2.24) is 0 Å². The van der Waals surface area contributed by atoms with Crippen molar-refractivity contribution in [3.05, 3.63) is 29.6 Å². The largest absolute Gasteiger partial charge is 0.497 e. The van der Waals surface area contributed by atoms with E-state index in [0.29, 0.717) is 5.75 Å². The minimum absolute atomic E-state index is 0.118. The highest BCUT2D eigenvalue weighted by Gasteiger charge is 2.12. The summed E-state index contributed by atoms with van der Waals surface area (Å²) in [5, 5.41) is 17.7. The monoisotopic (exact) mass is 195 g/mol. The number of hydrogen-bond acceptors (Lipinski definition) is 3. The normalized spacial score (nSPS) is 11.9. The number of rotatable bonds is 3. The van der Waals surface area contributed by atoms with Crippen molar-refractivity contribution in [1.29, 1.82) is 5.26 Å². The van der Waals surface area contributed by atoms with Crippen molar-refractivity contribution in [2.45, 2.75) is 12.5 Å². The van der Waals surface area contributed by atoms with Gasteiger partial charge in [0.1, 0.15) is 11.6 Å². The lowest BCUT2D eigenvalue weighted by Crippen LogP contribution is -1.99. The number of aliphatic hydroxyl groups excluding tert-OH is 1. The molecule has 1 N–H and O–H groups in total. The summed E-state index contributed by atoms with van der Waals surface area (Å²) in [5.74, 6) is -0.178. The third-order valence-corrected chi connectivity index (χ3v) is 1.85. The average molecular weight is 195 g/mol. The predicted octanol–water partition coefficient (Wildman–Crippen LogP) is 1.78. The summed E-state index contributed by atoms with van der Waals surface area (Å²) < 4.78 is 18.1. The molecule has 1 atom stereocenters. The molecule has 0 bridgehead atoms. The van der Waals surface area contributed by atoms with E-state index in [1.54, 1.807) is 12.1 Å².